The molecule has 3 aromatic rings. The van der Waals surface area contributed by atoms with Crippen molar-refractivity contribution in [2.24, 2.45) is 0 Å². The molecular weight excluding hydrogens is 716 g/mol. The smallest absolute Gasteiger partial charge is 0.416 e. The highest BCUT2D eigenvalue weighted by atomic mass is 19.4. The number of rotatable bonds is 8. The minimum absolute atomic E-state index is 0.0120. The number of nitrogens with zero attached hydrogens (tertiary/aromatic N) is 3. The average molecular weight is 754 g/mol. The van der Waals surface area contributed by atoms with Crippen LogP contribution in [0, 0.1) is 0 Å². The number of ether oxygens (including phenoxy) is 3. The summed E-state index contributed by atoms with van der Waals surface area (Å²) in [7, 11) is 0. The van der Waals surface area contributed by atoms with E-state index in [1.807, 2.05) is 0 Å². The van der Waals surface area contributed by atoms with Crippen LogP contribution < -0.4 is 31.6 Å². The molecular formula is C34H37F6N7O6. The number of nitrogens with one attached hydrogen (secondary N) is 2. The third-order valence-electron chi connectivity index (χ3n) is 8.19. The van der Waals surface area contributed by atoms with Gasteiger partial charge in [-0.3, -0.25) is 9.59 Å². The van der Waals surface area contributed by atoms with Crippen molar-refractivity contribution in [3.8, 4) is 11.5 Å². The molecule has 2 heterocycles. The zero-order valence-electron chi connectivity index (χ0n) is 28.8. The molecule has 2 fully saturated rings. The van der Waals surface area contributed by atoms with E-state index >= 15 is 0 Å². The third kappa shape index (κ3) is 9.69. The quantitative estimate of drug-likeness (QED) is 0.140. The lowest BCUT2D eigenvalue weighted by Crippen LogP contribution is -2.36. The van der Waals surface area contributed by atoms with Gasteiger partial charge in [0.1, 0.15) is 29.4 Å². The lowest BCUT2D eigenvalue weighted by Gasteiger charge is -2.24. The van der Waals surface area contributed by atoms with Gasteiger partial charge in [-0.15, -0.1) is 0 Å². The van der Waals surface area contributed by atoms with E-state index < -0.39 is 81.5 Å². The number of hydrogen-bond donors (Lipinski definition) is 4. The summed E-state index contributed by atoms with van der Waals surface area (Å²) in [6.45, 7) is 5.30. The molecule has 0 spiro atoms. The summed E-state index contributed by atoms with van der Waals surface area (Å²) in [5.41, 5.74) is 6.09. The SMILES string of the molecule is CC(C)(C)OC(=O)N1CC[C@@H](Oc2c(N)cc(C(F)(F)F)cc2NC(=O)c2cc(C(=O)Nc3cc(C(F)(F)F)cc(N)c3OC3CCCC3)ncn2)C1. The highest BCUT2D eigenvalue weighted by molar-refractivity contribution is 6.08. The zero-order valence-corrected chi connectivity index (χ0v) is 28.8. The number of benzene rings is 2. The normalized spacial score (nSPS) is 16.7. The summed E-state index contributed by atoms with van der Waals surface area (Å²) in [5, 5.41) is 4.59. The molecule has 2 aliphatic rings. The minimum Gasteiger partial charge on any atom is -0.486 e. The molecule has 2 aromatic carbocycles. The van der Waals surface area contributed by atoms with Gasteiger partial charge in [-0.05, 0) is 70.7 Å². The Morgan fingerprint density at radius 1 is 0.736 bits per heavy atom. The second-order valence-corrected chi connectivity index (χ2v) is 13.6. The first-order valence-corrected chi connectivity index (χ1v) is 16.5. The van der Waals surface area contributed by atoms with Crippen LogP contribution in [0.5, 0.6) is 11.5 Å². The maximum absolute atomic E-state index is 13.8. The van der Waals surface area contributed by atoms with E-state index in [4.69, 9.17) is 25.7 Å². The molecule has 0 bridgehead atoms. The van der Waals surface area contributed by atoms with Gasteiger partial charge in [0.05, 0.1) is 46.5 Å². The monoisotopic (exact) mass is 753 g/mol. The molecule has 0 radical (unpaired) electrons. The van der Waals surface area contributed by atoms with Crippen LogP contribution >= 0.6 is 0 Å². The Balaban J connectivity index is 1.38. The molecule has 19 heteroatoms. The largest absolute Gasteiger partial charge is 0.486 e. The van der Waals surface area contributed by atoms with Gasteiger partial charge < -0.3 is 41.2 Å². The molecule has 1 aliphatic carbocycles. The molecule has 13 nitrogen and oxygen atoms in total. The van der Waals surface area contributed by atoms with E-state index in [1.54, 1.807) is 20.8 Å². The van der Waals surface area contributed by atoms with Gasteiger partial charge in [0, 0.05) is 19.0 Å². The molecule has 1 aliphatic heterocycles. The van der Waals surface area contributed by atoms with E-state index in [0.717, 1.165) is 25.2 Å². The topological polar surface area (TPSA) is 184 Å². The number of aromatic nitrogens is 2. The fourth-order valence-corrected chi connectivity index (χ4v) is 5.71. The summed E-state index contributed by atoms with van der Waals surface area (Å²) in [6, 6.07) is 3.46. The molecule has 286 valence electrons. The number of anilines is 4. The van der Waals surface area contributed by atoms with Crippen molar-refractivity contribution >= 4 is 40.7 Å². The Bertz CT molecular complexity index is 1880. The van der Waals surface area contributed by atoms with Crippen molar-refractivity contribution in [2.45, 2.75) is 83.0 Å². The van der Waals surface area contributed by atoms with Gasteiger partial charge in [0.2, 0.25) is 0 Å². The molecule has 1 saturated carbocycles. The van der Waals surface area contributed by atoms with Crippen LogP contribution in [0.3, 0.4) is 0 Å². The summed E-state index contributed by atoms with van der Waals surface area (Å²) in [4.78, 5) is 48.2. The highest BCUT2D eigenvalue weighted by Gasteiger charge is 2.36. The van der Waals surface area contributed by atoms with Gasteiger partial charge in [0.25, 0.3) is 11.8 Å². The Labute approximate surface area is 299 Å². The van der Waals surface area contributed by atoms with Crippen molar-refractivity contribution < 1.29 is 54.9 Å². The van der Waals surface area contributed by atoms with E-state index in [-0.39, 0.29) is 42.8 Å². The van der Waals surface area contributed by atoms with E-state index in [2.05, 4.69) is 20.6 Å². The predicted octanol–water partition coefficient (Wildman–Crippen LogP) is 6.89. The Hall–Kier alpha value is -5.49. The number of likely N-dealkylation sites (tertiary alicyclic amines) is 1. The molecule has 1 saturated heterocycles. The second kappa shape index (κ2) is 14.9. The number of amides is 3. The summed E-state index contributed by atoms with van der Waals surface area (Å²) in [5.74, 6) is -2.66. The Morgan fingerprint density at radius 2 is 1.21 bits per heavy atom. The van der Waals surface area contributed by atoms with Crippen LogP contribution in [0.4, 0.5) is 53.9 Å². The lowest BCUT2D eigenvalue weighted by molar-refractivity contribution is -0.138. The molecule has 1 atom stereocenters. The van der Waals surface area contributed by atoms with Crippen molar-refractivity contribution in [1.29, 1.82) is 0 Å². The standard InChI is InChI=1S/C34H37F6N7O6/c1-32(2,3)53-31(50)47-9-8-20(15-47)52-28-22(42)11-18(34(38,39)40)13-24(28)46-30(49)26-14-25(43-16-44-26)29(48)45-23-12-17(33(35,36)37)10-21(41)27(23)51-19-6-4-5-7-19/h10-14,16,19-20H,4-9,15,41-42H2,1-3H3,(H,45,48)(H,46,49)/t20-/m1/s1. The number of alkyl halides is 6. The van der Waals surface area contributed by atoms with Crippen LogP contribution in [-0.4, -0.2) is 63.7 Å². The first-order valence-electron chi connectivity index (χ1n) is 16.5. The number of halogens is 6. The molecule has 3 amide bonds. The van der Waals surface area contributed by atoms with Crippen LogP contribution in [0.25, 0.3) is 0 Å². The summed E-state index contributed by atoms with van der Waals surface area (Å²) < 4.78 is 99.5. The maximum atomic E-state index is 13.8. The minimum atomic E-state index is -4.87. The van der Waals surface area contributed by atoms with Crippen molar-refractivity contribution in [1.82, 2.24) is 14.9 Å². The molecule has 0 unspecified atom stereocenters. The first-order chi connectivity index (χ1) is 24.7. The number of carbonyl (C=O) groups is 3. The first kappa shape index (κ1) is 38.7. The van der Waals surface area contributed by atoms with Gasteiger partial charge >= 0.3 is 18.4 Å². The summed E-state index contributed by atoms with van der Waals surface area (Å²) >= 11 is 0. The fourth-order valence-electron chi connectivity index (χ4n) is 5.71. The van der Waals surface area contributed by atoms with Crippen molar-refractivity contribution in [2.75, 3.05) is 35.2 Å². The number of hydrogen-bond acceptors (Lipinski definition) is 10. The third-order valence-corrected chi connectivity index (χ3v) is 8.19. The molecule has 1 aromatic heterocycles. The lowest BCUT2D eigenvalue weighted by atomic mass is 10.1. The fraction of sp³-hybridized carbons (Fsp3) is 0.441. The van der Waals surface area contributed by atoms with Crippen LogP contribution in [0.1, 0.15) is 85.0 Å². The summed E-state index contributed by atoms with van der Waals surface area (Å²) in [6.07, 6.45) is -7.36. The molecule has 6 N–H and O–H groups in total. The van der Waals surface area contributed by atoms with Gasteiger partial charge in [-0.25, -0.2) is 14.8 Å². The van der Waals surface area contributed by atoms with Crippen LogP contribution in [0.2, 0.25) is 0 Å². The van der Waals surface area contributed by atoms with Gasteiger partial charge in [-0.2, -0.15) is 26.3 Å². The van der Waals surface area contributed by atoms with E-state index in [0.29, 0.717) is 37.1 Å². The second-order valence-electron chi connectivity index (χ2n) is 13.6. The van der Waals surface area contributed by atoms with E-state index in [9.17, 15) is 40.7 Å². The van der Waals surface area contributed by atoms with Crippen molar-refractivity contribution in [3.05, 3.63) is 59.2 Å². The van der Waals surface area contributed by atoms with Crippen molar-refractivity contribution in [3.63, 3.8) is 0 Å². The maximum Gasteiger partial charge on any atom is 0.416 e. The zero-order chi connectivity index (χ0) is 38.9. The van der Waals surface area contributed by atoms with Gasteiger partial charge in [-0.1, -0.05) is 0 Å². The average Bonchev–Trinajstić information content (AvgIpc) is 3.75. The van der Waals surface area contributed by atoms with Crippen LogP contribution in [0.15, 0.2) is 36.7 Å². The Kier molecular flexibility index (Phi) is 10.9. The Morgan fingerprint density at radius 3 is 1.66 bits per heavy atom. The highest BCUT2D eigenvalue weighted by Crippen LogP contribution is 2.42. The molecule has 53 heavy (non-hydrogen) atoms. The van der Waals surface area contributed by atoms with Crippen LogP contribution in [-0.2, 0) is 17.1 Å². The molecule has 5 rings (SSSR count). The number of nitrogens with two attached hydrogens (primary N) is 2. The van der Waals surface area contributed by atoms with E-state index in [1.165, 1.54) is 4.90 Å². The number of carbonyl (C=O) groups excluding carboxylic acids is 3. The van der Waals surface area contributed by atoms with Gasteiger partial charge in [0.15, 0.2) is 11.5 Å². The predicted molar refractivity (Wildman–Crippen MR) is 179 cm³/mol. The number of nitrogen functional groups attached to an aromatic ring is 2.